The molecule has 2 heterocycles. The molecule has 0 fully saturated rings. The third-order valence-corrected chi connectivity index (χ3v) is 5.95. The number of unbranched alkanes of at least 4 members (excludes halogenated alkanes) is 1. The van der Waals surface area contributed by atoms with Crippen LogP contribution < -0.4 is 10.5 Å². The average molecular weight is 409 g/mol. The van der Waals surface area contributed by atoms with Crippen molar-refractivity contribution in [2.24, 2.45) is 0 Å². The first-order valence-corrected chi connectivity index (χ1v) is 10.9. The Labute approximate surface area is 161 Å². The zero-order chi connectivity index (χ0) is 19.6. The Hall–Kier alpha value is -2.23. The standard InChI is InChI=1S/C18H20N2O5S2/c1-12-11-26-17(19-12)15-9-13-5-6-14(10-16(13)25-18(15)21)20(2)7-3-4-8-27(22,23)24/h5-6,9-11H,3-4,7-8H2,1-2H3,(H,22,23,24). The zero-order valence-corrected chi connectivity index (χ0v) is 16.6. The SMILES string of the molecule is Cc1csc(-c2cc3ccc(N(C)CCCCS(=O)(=O)O)cc3oc2=O)n1. The van der Waals surface area contributed by atoms with Crippen LogP contribution in [0.3, 0.4) is 0 Å². The van der Waals surface area contributed by atoms with Gasteiger partial charge in [-0.15, -0.1) is 11.3 Å². The summed E-state index contributed by atoms with van der Waals surface area (Å²) in [5.74, 6) is -0.244. The molecule has 0 spiro atoms. The summed E-state index contributed by atoms with van der Waals surface area (Å²) in [6.07, 6.45) is 0.989. The van der Waals surface area contributed by atoms with Crippen molar-refractivity contribution in [2.75, 3.05) is 24.2 Å². The van der Waals surface area contributed by atoms with E-state index in [1.807, 2.05) is 36.4 Å². The van der Waals surface area contributed by atoms with E-state index in [1.54, 1.807) is 12.1 Å². The number of nitrogens with zero attached hydrogens (tertiary/aromatic N) is 2. The van der Waals surface area contributed by atoms with Crippen molar-refractivity contribution in [1.29, 1.82) is 0 Å². The summed E-state index contributed by atoms with van der Waals surface area (Å²) >= 11 is 1.41. The van der Waals surface area contributed by atoms with Gasteiger partial charge in [-0.05, 0) is 38.0 Å². The maximum Gasteiger partial charge on any atom is 0.346 e. The van der Waals surface area contributed by atoms with E-state index >= 15 is 0 Å². The highest BCUT2D eigenvalue weighted by atomic mass is 32.2. The van der Waals surface area contributed by atoms with Crippen molar-refractivity contribution in [1.82, 2.24) is 4.98 Å². The largest absolute Gasteiger partial charge is 0.422 e. The number of aromatic nitrogens is 1. The van der Waals surface area contributed by atoms with Gasteiger partial charge in [-0.3, -0.25) is 4.55 Å². The number of anilines is 1. The fraction of sp³-hybridized carbons (Fsp3) is 0.333. The molecule has 0 saturated heterocycles. The van der Waals surface area contributed by atoms with E-state index < -0.39 is 15.7 Å². The summed E-state index contributed by atoms with van der Waals surface area (Å²) in [6.45, 7) is 2.49. The monoisotopic (exact) mass is 408 g/mol. The third kappa shape index (κ3) is 4.94. The molecule has 0 aliphatic rings. The maximum absolute atomic E-state index is 12.3. The van der Waals surface area contributed by atoms with Gasteiger partial charge in [0.25, 0.3) is 10.1 Å². The summed E-state index contributed by atoms with van der Waals surface area (Å²) < 4.78 is 35.8. The summed E-state index contributed by atoms with van der Waals surface area (Å²) in [5.41, 5.74) is 2.23. The lowest BCUT2D eigenvalue weighted by Gasteiger charge is -2.19. The fourth-order valence-corrected chi connectivity index (χ4v) is 4.10. The second-order valence-corrected chi connectivity index (χ2v) is 8.81. The van der Waals surface area contributed by atoms with Gasteiger partial charge in [0.1, 0.15) is 10.6 Å². The van der Waals surface area contributed by atoms with Crippen molar-refractivity contribution in [3.05, 3.63) is 45.8 Å². The number of rotatable bonds is 7. The van der Waals surface area contributed by atoms with Crippen LogP contribution in [0.1, 0.15) is 18.5 Å². The Morgan fingerprint density at radius 1 is 1.26 bits per heavy atom. The molecule has 0 saturated carbocycles. The zero-order valence-electron chi connectivity index (χ0n) is 15.0. The second kappa shape index (κ2) is 7.79. The van der Waals surface area contributed by atoms with Crippen LogP contribution in [-0.4, -0.2) is 37.3 Å². The lowest BCUT2D eigenvalue weighted by Crippen LogP contribution is -2.19. The topological polar surface area (TPSA) is 101 Å². The molecule has 0 amide bonds. The number of hydrogen-bond donors (Lipinski definition) is 1. The molecule has 0 unspecified atom stereocenters. The number of fused-ring (bicyclic) bond motifs is 1. The van der Waals surface area contributed by atoms with Gasteiger partial charge >= 0.3 is 5.63 Å². The number of hydrogen-bond acceptors (Lipinski definition) is 7. The average Bonchev–Trinajstić information content (AvgIpc) is 3.02. The molecule has 1 aromatic carbocycles. The minimum absolute atomic E-state index is 0.244. The van der Waals surface area contributed by atoms with E-state index in [0.717, 1.165) is 16.8 Å². The molecule has 144 valence electrons. The predicted octanol–water partition coefficient (Wildman–Crippen LogP) is 3.33. The van der Waals surface area contributed by atoms with Crippen LogP contribution in [0.5, 0.6) is 0 Å². The summed E-state index contributed by atoms with van der Waals surface area (Å²) in [6, 6.07) is 7.37. The first-order valence-electron chi connectivity index (χ1n) is 8.40. The number of benzene rings is 1. The maximum atomic E-state index is 12.3. The van der Waals surface area contributed by atoms with Crippen LogP contribution in [0.15, 0.2) is 38.9 Å². The van der Waals surface area contributed by atoms with Crippen LogP contribution in [0.25, 0.3) is 21.5 Å². The number of thiazole rings is 1. The molecular formula is C18H20N2O5S2. The van der Waals surface area contributed by atoms with E-state index in [-0.39, 0.29) is 5.75 Å². The molecule has 0 atom stereocenters. The Morgan fingerprint density at radius 3 is 2.70 bits per heavy atom. The molecule has 0 aliphatic carbocycles. The molecule has 3 aromatic rings. The number of aryl methyl sites for hydroxylation is 1. The molecule has 0 radical (unpaired) electrons. The highest BCUT2D eigenvalue weighted by molar-refractivity contribution is 7.85. The Bertz CT molecular complexity index is 1120. The highest BCUT2D eigenvalue weighted by Crippen LogP contribution is 2.26. The fourth-order valence-electron chi connectivity index (χ4n) is 2.73. The molecular weight excluding hydrogens is 388 g/mol. The van der Waals surface area contributed by atoms with E-state index in [0.29, 0.717) is 35.5 Å². The van der Waals surface area contributed by atoms with Crippen molar-refractivity contribution < 1.29 is 17.4 Å². The van der Waals surface area contributed by atoms with Crippen LogP contribution in [0.2, 0.25) is 0 Å². The lowest BCUT2D eigenvalue weighted by atomic mass is 10.1. The predicted molar refractivity (Wildman–Crippen MR) is 107 cm³/mol. The molecule has 2 aromatic heterocycles. The molecule has 1 N–H and O–H groups in total. The highest BCUT2D eigenvalue weighted by Gasteiger charge is 2.12. The van der Waals surface area contributed by atoms with Crippen LogP contribution in [0.4, 0.5) is 5.69 Å². The molecule has 0 aliphatic heterocycles. The van der Waals surface area contributed by atoms with Crippen molar-refractivity contribution in [3.8, 4) is 10.6 Å². The Balaban J connectivity index is 1.78. The van der Waals surface area contributed by atoms with Crippen molar-refractivity contribution in [2.45, 2.75) is 19.8 Å². The minimum Gasteiger partial charge on any atom is -0.422 e. The van der Waals surface area contributed by atoms with E-state index in [9.17, 15) is 13.2 Å². The minimum atomic E-state index is -3.92. The normalized spacial score (nSPS) is 11.8. The summed E-state index contributed by atoms with van der Waals surface area (Å²) in [5, 5.41) is 3.34. The van der Waals surface area contributed by atoms with Gasteiger partial charge in [0.15, 0.2) is 0 Å². The Morgan fingerprint density at radius 2 is 2.04 bits per heavy atom. The van der Waals surface area contributed by atoms with E-state index in [1.165, 1.54) is 11.3 Å². The summed E-state index contributed by atoms with van der Waals surface area (Å²) in [7, 11) is -2.04. The van der Waals surface area contributed by atoms with E-state index in [2.05, 4.69) is 4.98 Å². The third-order valence-electron chi connectivity index (χ3n) is 4.16. The van der Waals surface area contributed by atoms with Gasteiger partial charge in [-0.1, -0.05) is 0 Å². The van der Waals surface area contributed by atoms with Gasteiger partial charge in [-0.25, -0.2) is 9.78 Å². The molecule has 3 rings (SSSR count). The first kappa shape index (κ1) is 19.5. The van der Waals surface area contributed by atoms with Gasteiger partial charge in [0.05, 0.1) is 11.3 Å². The summed E-state index contributed by atoms with van der Waals surface area (Å²) in [4.78, 5) is 18.6. The van der Waals surface area contributed by atoms with E-state index in [4.69, 9.17) is 8.97 Å². The van der Waals surface area contributed by atoms with Crippen LogP contribution >= 0.6 is 11.3 Å². The Kier molecular flexibility index (Phi) is 5.64. The van der Waals surface area contributed by atoms with Gasteiger partial charge < -0.3 is 9.32 Å². The molecule has 7 nitrogen and oxygen atoms in total. The lowest BCUT2D eigenvalue weighted by molar-refractivity contribution is 0.480. The second-order valence-electron chi connectivity index (χ2n) is 6.38. The van der Waals surface area contributed by atoms with Gasteiger partial charge in [0, 0.05) is 41.8 Å². The smallest absolute Gasteiger partial charge is 0.346 e. The molecule has 27 heavy (non-hydrogen) atoms. The van der Waals surface area contributed by atoms with Gasteiger partial charge in [0.2, 0.25) is 0 Å². The quantitative estimate of drug-likeness (QED) is 0.363. The van der Waals surface area contributed by atoms with Crippen LogP contribution in [-0.2, 0) is 10.1 Å². The molecule has 0 bridgehead atoms. The van der Waals surface area contributed by atoms with Crippen molar-refractivity contribution in [3.63, 3.8) is 0 Å². The molecule has 9 heteroatoms. The van der Waals surface area contributed by atoms with Crippen molar-refractivity contribution >= 4 is 38.1 Å². The van der Waals surface area contributed by atoms with Gasteiger partial charge in [-0.2, -0.15) is 8.42 Å². The first-order chi connectivity index (χ1) is 12.7. The van der Waals surface area contributed by atoms with Crippen LogP contribution in [0, 0.1) is 6.92 Å².